The van der Waals surface area contributed by atoms with Crippen molar-refractivity contribution in [2.24, 2.45) is 11.5 Å². The number of carbonyl (C=O) groups is 3. The molecule has 0 unspecified atom stereocenters. The van der Waals surface area contributed by atoms with Crippen molar-refractivity contribution < 1.29 is 43.2 Å². The van der Waals surface area contributed by atoms with Gasteiger partial charge in [-0.05, 0) is 105 Å². The summed E-state index contributed by atoms with van der Waals surface area (Å²) in [5.41, 5.74) is 10.6. The molecular weight excluding hydrogens is 624 g/mol. The highest BCUT2D eigenvalue weighted by molar-refractivity contribution is 5.76. The number of amides is 2. The van der Waals surface area contributed by atoms with Gasteiger partial charge in [-0.15, -0.1) is 0 Å². The Morgan fingerprint density at radius 2 is 0.750 bits per heavy atom. The van der Waals surface area contributed by atoms with Crippen molar-refractivity contribution in [2.45, 2.75) is 124 Å². The van der Waals surface area contributed by atoms with Crippen molar-refractivity contribution in [1.82, 2.24) is 21.3 Å². The van der Waals surface area contributed by atoms with Crippen LogP contribution in [0.15, 0.2) is 0 Å². The molecule has 0 aromatic rings. The molecule has 2 amide bonds. The lowest BCUT2D eigenvalue weighted by Gasteiger charge is -2.03. The molecule has 0 aliphatic heterocycles. The molecule has 0 saturated heterocycles. The van der Waals surface area contributed by atoms with E-state index < -0.39 is 0 Å². The van der Waals surface area contributed by atoms with Crippen LogP contribution in [0.3, 0.4) is 0 Å². The molecule has 0 radical (unpaired) electrons. The van der Waals surface area contributed by atoms with Gasteiger partial charge in [0.25, 0.3) is 0 Å². The van der Waals surface area contributed by atoms with Gasteiger partial charge in [-0.25, -0.2) is 0 Å². The van der Waals surface area contributed by atoms with Crippen LogP contribution in [0.2, 0.25) is 0 Å². The van der Waals surface area contributed by atoms with E-state index in [-0.39, 0.29) is 36.1 Å². The Balaban J connectivity index is -0.0000000882. The fourth-order valence-corrected chi connectivity index (χ4v) is 3.11. The van der Waals surface area contributed by atoms with Crippen molar-refractivity contribution in [3.05, 3.63) is 0 Å². The van der Waals surface area contributed by atoms with Gasteiger partial charge in [0.1, 0.15) is 5.78 Å². The fraction of sp³-hybridized carbons (Fsp3) is 0.818. The summed E-state index contributed by atoms with van der Waals surface area (Å²) in [5, 5.41) is 11.9. The molecule has 48 heavy (non-hydrogen) atoms. The summed E-state index contributed by atoms with van der Waals surface area (Å²) in [6, 6.07) is 0. The van der Waals surface area contributed by atoms with Gasteiger partial charge in [0.2, 0.25) is 11.8 Å². The average molecular weight is 693 g/mol. The maximum absolute atomic E-state index is 11.0. The first kappa shape index (κ1) is 60.0. The fourth-order valence-electron chi connectivity index (χ4n) is 3.11. The highest BCUT2D eigenvalue weighted by Crippen LogP contribution is 1.94. The zero-order valence-corrected chi connectivity index (χ0v) is 30.7. The van der Waals surface area contributed by atoms with E-state index in [0.29, 0.717) is 12.8 Å². The van der Waals surface area contributed by atoms with Gasteiger partial charge in [0.15, 0.2) is 0 Å². The largest absolute Gasteiger partial charge is 0.373 e. The summed E-state index contributed by atoms with van der Waals surface area (Å²) in [6.07, 6.45) is 16.0. The molecular formula is C33H68N6O9. The third-order valence-corrected chi connectivity index (χ3v) is 5.32. The number of nitrogens with two attached hydrogens (primary N) is 2. The van der Waals surface area contributed by atoms with Crippen molar-refractivity contribution in [1.29, 1.82) is 0 Å². The summed E-state index contributed by atoms with van der Waals surface area (Å²) in [4.78, 5) is 80.7. The van der Waals surface area contributed by atoms with Crippen LogP contribution in [0.25, 0.3) is 0 Å². The van der Waals surface area contributed by atoms with Crippen LogP contribution in [0.1, 0.15) is 124 Å². The summed E-state index contributed by atoms with van der Waals surface area (Å²) < 4.78 is 0. The molecule has 0 aromatic carbocycles. The minimum atomic E-state index is 0.172. The smallest absolute Gasteiger partial charge is 0.356 e. The molecule has 0 spiro atoms. The molecule has 0 aliphatic rings. The Labute approximate surface area is 289 Å². The molecule has 0 saturated carbocycles. The highest BCUT2D eigenvalue weighted by atomic mass is 16.2. The predicted octanol–water partition coefficient (Wildman–Crippen LogP) is 2.28. The summed E-state index contributed by atoms with van der Waals surface area (Å²) in [7, 11) is 3.94. The first-order valence-corrected chi connectivity index (χ1v) is 16.7. The van der Waals surface area contributed by atoms with E-state index in [9.17, 15) is 14.4 Å². The Morgan fingerprint density at radius 1 is 0.479 bits per heavy atom. The molecule has 0 aromatic heterocycles. The van der Waals surface area contributed by atoms with Gasteiger partial charge in [-0.2, -0.15) is 28.8 Å². The number of hydrogen-bond acceptors (Lipinski definition) is 13. The lowest BCUT2D eigenvalue weighted by atomic mass is 10.2. The standard InChI is InChI=1S/C10H22N2O.C9H20N2O.C6H16N2.C5H10O.3CO2/c1-3-7-10(13)12-9-6-4-5-8-11-2;1-2-6-9(12)11-8-5-3-4-7-10;1-8-6-4-2-3-5-7;1-3-4-5(2)6;3*2-1-3/h11H,3-9H2,1-2H3,(H,12,13);2-8,10H2,1H3,(H,11,12);8H,2-7H2,1H3;3-4H2,1-2H3;;;. The van der Waals surface area contributed by atoms with Crippen molar-refractivity contribution >= 4 is 36.1 Å². The second kappa shape index (κ2) is 70.1. The van der Waals surface area contributed by atoms with E-state index in [0.717, 1.165) is 90.6 Å². The predicted molar refractivity (Wildman–Crippen MR) is 184 cm³/mol. The lowest BCUT2D eigenvalue weighted by Crippen LogP contribution is -2.23. The molecule has 0 bridgehead atoms. The van der Waals surface area contributed by atoms with E-state index >= 15 is 0 Å². The second-order valence-corrected chi connectivity index (χ2v) is 9.87. The number of hydrogen-bond donors (Lipinski definition) is 6. The van der Waals surface area contributed by atoms with Gasteiger partial charge in [0.05, 0.1) is 0 Å². The zero-order valence-electron chi connectivity index (χ0n) is 30.7. The Kier molecular flexibility index (Phi) is 87.5. The number of unbranched alkanes of at least 4 members (excludes halogenated alkanes) is 6. The van der Waals surface area contributed by atoms with E-state index in [1.165, 1.54) is 32.1 Å². The number of nitrogens with one attached hydrogen (secondary N) is 4. The molecule has 0 aliphatic carbocycles. The SMILES string of the molecule is CCCC(=O)NCCCCCN.CCCC(=O)NCCCCCNC.CCCC(C)=O.CNCCCCCN.O=C=O.O=C=O.O=C=O. The topological polar surface area (TPSA) is 254 Å². The Morgan fingerprint density at radius 3 is 0.958 bits per heavy atom. The van der Waals surface area contributed by atoms with Gasteiger partial charge < -0.3 is 37.5 Å². The van der Waals surface area contributed by atoms with Crippen LogP contribution >= 0.6 is 0 Å². The molecule has 0 heterocycles. The first-order valence-electron chi connectivity index (χ1n) is 16.7. The van der Waals surface area contributed by atoms with Crippen LogP contribution in [0.4, 0.5) is 0 Å². The molecule has 15 heteroatoms. The minimum Gasteiger partial charge on any atom is -0.356 e. The Bertz CT molecular complexity index is 705. The van der Waals surface area contributed by atoms with E-state index in [4.69, 9.17) is 40.2 Å². The van der Waals surface area contributed by atoms with Gasteiger partial charge in [-0.3, -0.25) is 9.59 Å². The lowest BCUT2D eigenvalue weighted by molar-refractivity contribution is -0.193. The van der Waals surface area contributed by atoms with Gasteiger partial charge in [-0.1, -0.05) is 40.0 Å². The zero-order chi connectivity index (χ0) is 38.5. The first-order chi connectivity index (χ1) is 23.0. The average Bonchev–Trinajstić information content (AvgIpc) is 3.03. The van der Waals surface area contributed by atoms with Gasteiger partial charge >= 0.3 is 18.5 Å². The van der Waals surface area contributed by atoms with Crippen LogP contribution < -0.4 is 32.7 Å². The van der Waals surface area contributed by atoms with E-state index in [1.54, 1.807) is 6.92 Å². The number of carbonyl (C=O) groups excluding carboxylic acids is 9. The normalized spacial score (nSPS) is 8.33. The maximum atomic E-state index is 11.0. The minimum absolute atomic E-state index is 0.172. The Hall–Kier alpha value is -3.41. The maximum Gasteiger partial charge on any atom is 0.373 e. The van der Waals surface area contributed by atoms with Crippen LogP contribution in [-0.4, -0.2) is 89.4 Å². The molecule has 0 rings (SSSR count). The molecule has 0 fully saturated rings. The second-order valence-electron chi connectivity index (χ2n) is 9.87. The summed E-state index contributed by atoms with van der Waals surface area (Å²) in [6.45, 7) is 13.1. The monoisotopic (exact) mass is 693 g/mol. The molecule has 0 atom stereocenters. The molecule has 284 valence electrons. The van der Waals surface area contributed by atoms with Crippen LogP contribution in [-0.2, 0) is 43.2 Å². The number of rotatable bonds is 22. The van der Waals surface area contributed by atoms with Crippen molar-refractivity contribution in [3.8, 4) is 0 Å². The highest BCUT2D eigenvalue weighted by Gasteiger charge is 1.97. The van der Waals surface area contributed by atoms with Gasteiger partial charge in [0, 0.05) is 32.4 Å². The van der Waals surface area contributed by atoms with Crippen molar-refractivity contribution in [2.75, 3.05) is 53.4 Å². The van der Waals surface area contributed by atoms with Crippen LogP contribution in [0, 0.1) is 0 Å². The summed E-state index contributed by atoms with van der Waals surface area (Å²) in [5.74, 6) is 0.652. The molecule has 8 N–H and O–H groups in total. The summed E-state index contributed by atoms with van der Waals surface area (Å²) >= 11 is 0. The number of ketones is 1. The third-order valence-electron chi connectivity index (χ3n) is 5.32. The number of Topliss-reactive ketones (excluding diaryl/α,β-unsaturated/α-hetero) is 1. The van der Waals surface area contributed by atoms with Crippen LogP contribution in [0.5, 0.6) is 0 Å². The van der Waals surface area contributed by atoms with E-state index in [2.05, 4.69) is 21.3 Å². The van der Waals surface area contributed by atoms with E-state index in [1.807, 2.05) is 34.9 Å². The molecule has 15 nitrogen and oxygen atoms in total. The quantitative estimate of drug-likeness (QED) is 0.0892. The third kappa shape index (κ3) is 112. The van der Waals surface area contributed by atoms with Crippen molar-refractivity contribution in [3.63, 3.8) is 0 Å².